The molecule has 0 aliphatic carbocycles. The molecule has 14 heavy (non-hydrogen) atoms. The quantitative estimate of drug-likeness (QED) is 0.703. The highest BCUT2D eigenvalue weighted by molar-refractivity contribution is 7.98. The Hall–Kier alpha value is -0.910. The molecular weight excluding hydrogens is 200 g/mol. The maximum Gasteiger partial charge on any atom is 0.190 e. The molecule has 0 saturated heterocycles. The van der Waals surface area contributed by atoms with Crippen LogP contribution < -0.4 is 0 Å². The summed E-state index contributed by atoms with van der Waals surface area (Å²) in [5.41, 5.74) is -0.213. The van der Waals surface area contributed by atoms with E-state index in [1.165, 1.54) is 17.3 Å². The molecule has 1 aromatic heterocycles. The summed E-state index contributed by atoms with van der Waals surface area (Å²) in [5.74, 6) is 0.850. The van der Waals surface area contributed by atoms with Gasteiger partial charge in [-0.15, -0.1) is 4.91 Å². The fourth-order valence-corrected chi connectivity index (χ4v) is 2.23. The van der Waals surface area contributed by atoms with Crippen LogP contribution in [-0.4, -0.2) is 26.8 Å². The van der Waals surface area contributed by atoms with E-state index < -0.39 is 6.17 Å². The lowest BCUT2D eigenvalue weighted by Gasteiger charge is -2.27. The molecule has 0 aliphatic heterocycles. The predicted octanol–water partition coefficient (Wildman–Crippen LogP) is 1.93. The van der Waals surface area contributed by atoms with Gasteiger partial charge in [0.1, 0.15) is 12.7 Å². The van der Waals surface area contributed by atoms with Crippen molar-refractivity contribution in [2.75, 3.05) is 12.0 Å². The topological polar surface area (TPSA) is 60.1 Å². The second kappa shape index (κ2) is 4.54. The van der Waals surface area contributed by atoms with Crippen LogP contribution in [0.4, 0.5) is 0 Å². The summed E-state index contributed by atoms with van der Waals surface area (Å²) in [6, 6.07) is 0. The zero-order valence-corrected chi connectivity index (χ0v) is 9.36. The molecule has 0 aliphatic rings. The Labute approximate surface area is 87.3 Å². The zero-order chi connectivity index (χ0) is 10.6. The summed E-state index contributed by atoms with van der Waals surface area (Å²) in [7, 11) is 0. The molecule has 5 nitrogen and oxygen atoms in total. The molecule has 1 aromatic rings. The molecular formula is C8H14N4OS. The molecule has 0 radical (unpaired) electrons. The molecule has 0 N–H and O–H groups in total. The van der Waals surface area contributed by atoms with Gasteiger partial charge in [-0.3, -0.25) is 0 Å². The normalized spacial score (nSPS) is 13.9. The van der Waals surface area contributed by atoms with Gasteiger partial charge < -0.3 is 0 Å². The van der Waals surface area contributed by atoms with Crippen LogP contribution in [-0.2, 0) is 0 Å². The van der Waals surface area contributed by atoms with Crippen molar-refractivity contribution in [2.24, 2.45) is 10.6 Å². The van der Waals surface area contributed by atoms with Gasteiger partial charge in [0.25, 0.3) is 0 Å². The van der Waals surface area contributed by atoms with Crippen molar-refractivity contribution >= 4 is 11.8 Å². The van der Waals surface area contributed by atoms with Crippen molar-refractivity contribution in [3.8, 4) is 0 Å². The van der Waals surface area contributed by atoms with Crippen LogP contribution in [0.1, 0.15) is 20.0 Å². The van der Waals surface area contributed by atoms with Gasteiger partial charge >= 0.3 is 0 Å². The van der Waals surface area contributed by atoms with Crippen LogP contribution in [0.25, 0.3) is 0 Å². The van der Waals surface area contributed by atoms with E-state index in [0.717, 1.165) is 5.75 Å². The van der Waals surface area contributed by atoms with Crippen molar-refractivity contribution in [3.05, 3.63) is 17.6 Å². The van der Waals surface area contributed by atoms with E-state index in [9.17, 15) is 4.91 Å². The van der Waals surface area contributed by atoms with Gasteiger partial charge in [0.2, 0.25) is 0 Å². The number of nitroso groups, excluding NO2 is 1. The lowest BCUT2D eigenvalue weighted by Crippen LogP contribution is -2.28. The zero-order valence-electron chi connectivity index (χ0n) is 8.54. The third kappa shape index (κ3) is 2.31. The van der Waals surface area contributed by atoms with Crippen LogP contribution in [0.5, 0.6) is 0 Å². The van der Waals surface area contributed by atoms with E-state index >= 15 is 0 Å². The van der Waals surface area contributed by atoms with Crippen molar-refractivity contribution in [3.63, 3.8) is 0 Å². The molecule has 0 fully saturated rings. The Bertz CT molecular complexity index is 286. The Kier molecular flexibility index (Phi) is 3.62. The Balaban J connectivity index is 2.86. The van der Waals surface area contributed by atoms with Crippen molar-refractivity contribution in [1.82, 2.24) is 14.8 Å². The molecule has 0 spiro atoms. The molecule has 1 heterocycles. The number of nitrogens with zero attached hydrogens (tertiary/aromatic N) is 4. The molecule has 78 valence electrons. The summed E-state index contributed by atoms with van der Waals surface area (Å²) in [6.07, 6.45) is 4.45. The van der Waals surface area contributed by atoms with E-state index in [0.29, 0.717) is 0 Å². The van der Waals surface area contributed by atoms with E-state index in [-0.39, 0.29) is 5.41 Å². The second-order valence-corrected chi connectivity index (χ2v) is 4.64. The summed E-state index contributed by atoms with van der Waals surface area (Å²) >= 11 is 1.69. The minimum absolute atomic E-state index is 0.213. The SMILES string of the molecule is CSCC(C)(C)C(N=O)n1cncn1. The number of hydrogen-bond donors (Lipinski definition) is 0. The van der Waals surface area contributed by atoms with E-state index in [4.69, 9.17) is 0 Å². The highest BCUT2D eigenvalue weighted by Gasteiger charge is 2.32. The van der Waals surface area contributed by atoms with Gasteiger partial charge in [-0.2, -0.15) is 16.9 Å². The monoisotopic (exact) mass is 214 g/mol. The van der Waals surface area contributed by atoms with Gasteiger partial charge in [0.05, 0.1) is 0 Å². The third-order valence-corrected chi connectivity index (χ3v) is 3.04. The minimum Gasteiger partial charge on any atom is -0.224 e. The Morgan fingerprint density at radius 3 is 2.79 bits per heavy atom. The van der Waals surface area contributed by atoms with Crippen LogP contribution >= 0.6 is 11.8 Å². The maximum absolute atomic E-state index is 10.8. The molecule has 0 saturated carbocycles. The van der Waals surface area contributed by atoms with Gasteiger partial charge in [0.15, 0.2) is 6.17 Å². The van der Waals surface area contributed by atoms with Gasteiger partial charge in [0, 0.05) is 11.2 Å². The fourth-order valence-electron chi connectivity index (χ4n) is 1.34. The molecule has 1 unspecified atom stereocenters. The molecule has 0 bridgehead atoms. The number of aromatic nitrogens is 3. The Morgan fingerprint density at radius 1 is 1.64 bits per heavy atom. The summed E-state index contributed by atoms with van der Waals surface area (Å²) in [5, 5.41) is 7.06. The highest BCUT2D eigenvalue weighted by atomic mass is 32.2. The van der Waals surface area contributed by atoms with Crippen LogP contribution in [0.2, 0.25) is 0 Å². The van der Waals surface area contributed by atoms with Gasteiger partial charge in [-0.25, -0.2) is 9.67 Å². The lowest BCUT2D eigenvalue weighted by molar-refractivity contribution is 0.238. The average Bonchev–Trinajstić information content (AvgIpc) is 2.57. The Morgan fingerprint density at radius 2 is 2.36 bits per heavy atom. The first-order chi connectivity index (χ1) is 6.61. The van der Waals surface area contributed by atoms with E-state index in [1.54, 1.807) is 11.8 Å². The van der Waals surface area contributed by atoms with Crippen molar-refractivity contribution in [1.29, 1.82) is 0 Å². The van der Waals surface area contributed by atoms with Crippen LogP contribution in [0, 0.1) is 10.3 Å². The molecule has 1 atom stereocenters. The van der Waals surface area contributed by atoms with E-state index in [2.05, 4.69) is 15.3 Å². The molecule has 1 rings (SSSR count). The minimum atomic E-state index is -0.488. The lowest BCUT2D eigenvalue weighted by atomic mass is 9.92. The van der Waals surface area contributed by atoms with Crippen molar-refractivity contribution < 1.29 is 0 Å². The first-order valence-corrected chi connectivity index (χ1v) is 5.66. The summed E-state index contributed by atoms with van der Waals surface area (Å²) in [6.45, 7) is 3.99. The largest absolute Gasteiger partial charge is 0.224 e. The average molecular weight is 214 g/mol. The van der Waals surface area contributed by atoms with Crippen molar-refractivity contribution in [2.45, 2.75) is 20.0 Å². The summed E-state index contributed by atoms with van der Waals surface area (Å²) in [4.78, 5) is 14.6. The van der Waals surface area contributed by atoms with Crippen LogP contribution in [0.15, 0.2) is 17.8 Å². The number of rotatable bonds is 5. The van der Waals surface area contributed by atoms with Gasteiger partial charge in [-0.1, -0.05) is 13.8 Å². The highest BCUT2D eigenvalue weighted by Crippen LogP contribution is 2.34. The number of thioether (sulfide) groups is 1. The van der Waals surface area contributed by atoms with Gasteiger partial charge in [-0.05, 0) is 11.4 Å². The standard InChI is InChI=1S/C8H14N4OS/c1-8(2,4-14-3)7(11-13)12-6-9-5-10-12/h5-7H,4H2,1-3H3. The first kappa shape index (κ1) is 11.2. The third-order valence-electron chi connectivity index (χ3n) is 2.00. The molecule has 0 amide bonds. The van der Waals surface area contributed by atoms with Crippen LogP contribution in [0.3, 0.4) is 0 Å². The second-order valence-electron chi connectivity index (χ2n) is 3.78. The molecule has 6 heteroatoms. The summed E-state index contributed by atoms with van der Waals surface area (Å²) < 4.78 is 1.50. The fraction of sp³-hybridized carbons (Fsp3) is 0.750. The smallest absolute Gasteiger partial charge is 0.190 e. The molecule has 0 aromatic carbocycles. The maximum atomic E-state index is 10.8. The first-order valence-electron chi connectivity index (χ1n) is 4.27. The number of hydrogen-bond acceptors (Lipinski definition) is 5. The predicted molar refractivity (Wildman–Crippen MR) is 57.0 cm³/mol. The van der Waals surface area contributed by atoms with E-state index in [1.807, 2.05) is 20.1 Å².